The van der Waals surface area contributed by atoms with E-state index in [1.165, 1.54) is 70.6 Å². The van der Waals surface area contributed by atoms with Gasteiger partial charge in [0.25, 0.3) is 0 Å². The highest BCUT2D eigenvalue weighted by Crippen LogP contribution is 2.40. The molecule has 5 rings (SSSR count). The van der Waals surface area contributed by atoms with Crippen molar-refractivity contribution in [3.63, 3.8) is 0 Å². The minimum Gasteiger partial charge on any atom is -0.371 e. The third-order valence-corrected chi connectivity index (χ3v) is 10.8. The van der Waals surface area contributed by atoms with Gasteiger partial charge in [-0.1, -0.05) is 236 Å². The molecule has 0 amide bonds. The second-order valence-electron chi connectivity index (χ2n) is 15.0. The molecule has 5 aromatic rings. The van der Waals surface area contributed by atoms with Crippen molar-refractivity contribution in [2.24, 2.45) is 5.73 Å². The molecule has 2 N–H and O–H groups in total. The second kappa shape index (κ2) is 24.5. The normalized spacial score (nSPS) is 13.3. The Balaban J connectivity index is 1.34. The predicted molar refractivity (Wildman–Crippen MR) is 229 cm³/mol. The molecule has 0 bridgehead atoms. The van der Waals surface area contributed by atoms with Gasteiger partial charge in [-0.3, -0.25) is 0 Å². The predicted octanol–water partition coefficient (Wildman–Crippen LogP) is 12.6. The van der Waals surface area contributed by atoms with Gasteiger partial charge in [0.05, 0.1) is 32.0 Å². The number of ether oxygens (including phenoxy) is 3. The maximum Gasteiger partial charge on any atom is 0.143 e. The number of hydrogen-bond donors (Lipinski definition) is 1. The molecule has 0 aromatic heterocycles. The average Bonchev–Trinajstić information content (AvgIpc) is 3.25. The number of nitrogens with two attached hydrogens (primary N) is 1. The van der Waals surface area contributed by atoms with Gasteiger partial charge in [-0.05, 0) is 34.2 Å². The molecule has 0 aliphatic carbocycles. The van der Waals surface area contributed by atoms with Crippen LogP contribution in [-0.4, -0.2) is 24.9 Å². The van der Waals surface area contributed by atoms with E-state index in [2.05, 4.69) is 128 Å². The first-order valence-corrected chi connectivity index (χ1v) is 21.1. The average molecular weight is 740 g/mol. The Kier molecular flexibility index (Phi) is 18.7. The van der Waals surface area contributed by atoms with Crippen LogP contribution in [0.5, 0.6) is 0 Å². The lowest BCUT2D eigenvalue weighted by atomic mass is 9.80. The van der Waals surface area contributed by atoms with E-state index in [4.69, 9.17) is 19.9 Å². The van der Waals surface area contributed by atoms with E-state index in [1.54, 1.807) is 0 Å². The first kappa shape index (κ1) is 42.1. The van der Waals surface area contributed by atoms with Gasteiger partial charge in [0.1, 0.15) is 11.7 Å². The summed E-state index contributed by atoms with van der Waals surface area (Å²) in [4.78, 5) is 0. The van der Waals surface area contributed by atoms with Crippen LogP contribution in [0.15, 0.2) is 152 Å². The van der Waals surface area contributed by atoms with E-state index in [0.29, 0.717) is 13.2 Å². The van der Waals surface area contributed by atoms with Crippen molar-refractivity contribution in [1.29, 1.82) is 0 Å². The lowest BCUT2D eigenvalue weighted by Gasteiger charge is -2.38. The third kappa shape index (κ3) is 13.6. The summed E-state index contributed by atoms with van der Waals surface area (Å²) in [6, 6.07) is 51.8. The van der Waals surface area contributed by atoms with Gasteiger partial charge in [-0.15, -0.1) is 0 Å². The Morgan fingerprint density at radius 1 is 0.455 bits per heavy atom. The molecular weight excluding hydrogens is 675 g/mol. The van der Waals surface area contributed by atoms with E-state index in [-0.39, 0.29) is 12.7 Å². The first-order chi connectivity index (χ1) is 27.2. The van der Waals surface area contributed by atoms with Crippen molar-refractivity contribution < 1.29 is 14.2 Å². The van der Waals surface area contributed by atoms with E-state index in [1.807, 2.05) is 30.3 Å². The summed E-state index contributed by atoms with van der Waals surface area (Å²) in [5.74, 6) is 0. The fourth-order valence-corrected chi connectivity index (χ4v) is 7.66. The zero-order chi connectivity index (χ0) is 38.2. The summed E-state index contributed by atoms with van der Waals surface area (Å²) in [5, 5.41) is 0. The zero-order valence-electron chi connectivity index (χ0n) is 33.3. The highest BCUT2D eigenvalue weighted by molar-refractivity contribution is 5.47. The molecule has 0 saturated heterocycles. The maximum atomic E-state index is 7.30. The lowest BCUT2D eigenvalue weighted by Crippen LogP contribution is -2.50. The first-order valence-electron chi connectivity index (χ1n) is 21.1. The summed E-state index contributed by atoms with van der Waals surface area (Å²) < 4.78 is 20.9. The molecule has 0 aliphatic rings. The standard InChI is InChI=1S/C51H65NO3/c1-2-3-4-5-6-7-8-9-10-11-12-28-39-49(53-40-43-29-18-13-19-30-43)50(54-41-44-31-20-14-21-32-44)48(52)42-55-51(45-33-22-15-23-34-45,46-35-24-16-25-36-46)47-37-26-17-27-38-47/h13-27,29-38,48-50H,2-12,28,39-42,52H2,1H3/t48-,49+,50+/m1/s1. The van der Waals surface area contributed by atoms with Gasteiger partial charge in [0.2, 0.25) is 0 Å². The molecule has 5 aromatic carbocycles. The Morgan fingerprint density at radius 3 is 1.24 bits per heavy atom. The molecule has 0 spiro atoms. The lowest BCUT2D eigenvalue weighted by molar-refractivity contribution is -0.114. The van der Waals surface area contributed by atoms with E-state index in [0.717, 1.165) is 40.7 Å². The maximum absolute atomic E-state index is 7.30. The molecule has 0 unspecified atom stereocenters. The van der Waals surface area contributed by atoms with Crippen LogP contribution in [0.4, 0.5) is 0 Å². The Hall–Kier alpha value is -4.06. The summed E-state index contributed by atoms with van der Waals surface area (Å²) in [6.45, 7) is 3.50. The van der Waals surface area contributed by atoms with Crippen LogP contribution in [0.3, 0.4) is 0 Å². The molecule has 0 fully saturated rings. The number of benzene rings is 5. The van der Waals surface area contributed by atoms with Crippen molar-refractivity contribution in [3.05, 3.63) is 179 Å². The monoisotopic (exact) mass is 739 g/mol. The highest BCUT2D eigenvalue weighted by atomic mass is 16.5. The fraction of sp³-hybridized carbons (Fsp3) is 0.412. The molecule has 4 nitrogen and oxygen atoms in total. The summed E-state index contributed by atoms with van der Waals surface area (Å²) in [6.07, 6.45) is 16.0. The SMILES string of the molecule is CCCCCCCCCCCCCC[C@H](OCc1ccccc1)[C@@H](OCc1ccccc1)[C@H](N)COC(c1ccccc1)(c1ccccc1)c1ccccc1. The smallest absolute Gasteiger partial charge is 0.143 e. The van der Waals surface area contributed by atoms with Crippen LogP contribution in [0.1, 0.15) is 118 Å². The van der Waals surface area contributed by atoms with E-state index in [9.17, 15) is 0 Å². The van der Waals surface area contributed by atoms with Crippen molar-refractivity contribution in [3.8, 4) is 0 Å². The molecular formula is C51H65NO3. The van der Waals surface area contributed by atoms with Crippen molar-refractivity contribution >= 4 is 0 Å². The van der Waals surface area contributed by atoms with Crippen molar-refractivity contribution in [2.75, 3.05) is 6.61 Å². The van der Waals surface area contributed by atoms with Gasteiger partial charge in [-0.2, -0.15) is 0 Å². The summed E-state index contributed by atoms with van der Waals surface area (Å²) in [7, 11) is 0. The highest BCUT2D eigenvalue weighted by Gasteiger charge is 2.39. The fourth-order valence-electron chi connectivity index (χ4n) is 7.66. The number of hydrogen-bond acceptors (Lipinski definition) is 4. The summed E-state index contributed by atoms with van der Waals surface area (Å²) in [5.41, 5.74) is 11.8. The van der Waals surface area contributed by atoms with Gasteiger partial charge in [0.15, 0.2) is 0 Å². The number of unbranched alkanes of at least 4 members (excludes halogenated alkanes) is 11. The van der Waals surface area contributed by atoms with Crippen LogP contribution < -0.4 is 5.73 Å². The second-order valence-corrected chi connectivity index (χ2v) is 15.0. The van der Waals surface area contributed by atoms with Crippen LogP contribution in [0, 0.1) is 0 Å². The molecule has 0 radical (unpaired) electrons. The minimum absolute atomic E-state index is 0.204. The largest absolute Gasteiger partial charge is 0.371 e. The topological polar surface area (TPSA) is 53.7 Å². The van der Waals surface area contributed by atoms with Crippen LogP contribution in [-0.2, 0) is 33.0 Å². The Bertz CT molecular complexity index is 1570. The quantitative estimate of drug-likeness (QED) is 0.0430. The molecule has 0 aliphatic heterocycles. The van der Waals surface area contributed by atoms with Crippen LogP contribution >= 0.6 is 0 Å². The molecule has 0 heterocycles. The van der Waals surface area contributed by atoms with E-state index >= 15 is 0 Å². The Labute approximate surface area is 332 Å². The van der Waals surface area contributed by atoms with Crippen LogP contribution in [0.25, 0.3) is 0 Å². The molecule has 292 valence electrons. The molecule has 4 heteroatoms. The third-order valence-electron chi connectivity index (χ3n) is 10.8. The molecule has 0 saturated carbocycles. The van der Waals surface area contributed by atoms with E-state index < -0.39 is 17.7 Å². The van der Waals surface area contributed by atoms with Gasteiger partial charge < -0.3 is 19.9 Å². The zero-order valence-corrected chi connectivity index (χ0v) is 33.3. The van der Waals surface area contributed by atoms with Crippen LogP contribution in [0.2, 0.25) is 0 Å². The van der Waals surface area contributed by atoms with Crippen molar-refractivity contribution in [2.45, 2.75) is 127 Å². The van der Waals surface area contributed by atoms with Gasteiger partial charge >= 0.3 is 0 Å². The molecule has 3 atom stereocenters. The van der Waals surface area contributed by atoms with Gasteiger partial charge in [-0.25, -0.2) is 0 Å². The molecule has 55 heavy (non-hydrogen) atoms. The summed E-state index contributed by atoms with van der Waals surface area (Å²) >= 11 is 0. The Morgan fingerprint density at radius 2 is 0.818 bits per heavy atom. The van der Waals surface area contributed by atoms with Gasteiger partial charge in [0, 0.05) is 0 Å². The van der Waals surface area contributed by atoms with Crippen molar-refractivity contribution in [1.82, 2.24) is 0 Å². The number of rotatable bonds is 27. The minimum atomic E-state index is -0.874.